The van der Waals surface area contributed by atoms with Crippen LogP contribution in [0.3, 0.4) is 0 Å². The summed E-state index contributed by atoms with van der Waals surface area (Å²) >= 11 is 0. The van der Waals surface area contributed by atoms with E-state index in [4.69, 9.17) is 14.2 Å². The van der Waals surface area contributed by atoms with Crippen molar-refractivity contribution in [3.05, 3.63) is 85.1 Å². The average Bonchev–Trinajstić information content (AvgIpc) is 3.30. The summed E-state index contributed by atoms with van der Waals surface area (Å²) in [5, 5.41) is 0. The molecular formula is C59H100O6. The fraction of sp³-hybridized carbons (Fsp3) is 0.712. The predicted molar refractivity (Wildman–Crippen MR) is 279 cm³/mol. The highest BCUT2D eigenvalue weighted by atomic mass is 16.6. The van der Waals surface area contributed by atoms with Crippen molar-refractivity contribution in [3.63, 3.8) is 0 Å². The third kappa shape index (κ3) is 51.4. The first-order chi connectivity index (χ1) is 32.0. The lowest BCUT2D eigenvalue weighted by atomic mass is 10.0. The molecule has 0 saturated carbocycles. The van der Waals surface area contributed by atoms with E-state index >= 15 is 0 Å². The molecule has 0 N–H and O–H groups in total. The highest BCUT2D eigenvalue weighted by molar-refractivity contribution is 5.71. The molecule has 0 rings (SSSR count). The summed E-state index contributed by atoms with van der Waals surface area (Å²) in [5.74, 6) is -0.975. The van der Waals surface area contributed by atoms with Crippen LogP contribution in [-0.2, 0) is 28.6 Å². The smallest absolute Gasteiger partial charge is 0.306 e. The number of esters is 3. The van der Waals surface area contributed by atoms with Crippen molar-refractivity contribution in [3.8, 4) is 0 Å². The minimum absolute atomic E-state index is 0.101. The van der Waals surface area contributed by atoms with Gasteiger partial charge in [-0.3, -0.25) is 14.4 Å². The van der Waals surface area contributed by atoms with E-state index in [1.54, 1.807) is 0 Å². The van der Waals surface area contributed by atoms with Gasteiger partial charge in [0.25, 0.3) is 0 Å². The molecule has 0 aliphatic heterocycles. The van der Waals surface area contributed by atoms with E-state index in [0.29, 0.717) is 19.3 Å². The second-order valence-electron chi connectivity index (χ2n) is 17.9. The number of carbonyl (C=O) groups excluding carboxylic acids is 3. The van der Waals surface area contributed by atoms with Gasteiger partial charge in [-0.15, -0.1) is 0 Å². The SMILES string of the molecule is CC\C=C/C=C\C=C/C=C\CCCCCCCC(=O)OC(COC(=O)CCC/C=C\C/C=C\C/C=C\CCCCCCCC)COC(=O)CCCCCCCCCCCCCCCCC. The summed E-state index contributed by atoms with van der Waals surface area (Å²) < 4.78 is 16.8. The van der Waals surface area contributed by atoms with Gasteiger partial charge in [-0.1, -0.05) is 247 Å². The van der Waals surface area contributed by atoms with E-state index in [2.05, 4.69) is 87.6 Å². The zero-order valence-corrected chi connectivity index (χ0v) is 42.5. The Labute approximate surface area is 401 Å². The van der Waals surface area contributed by atoms with Crippen LogP contribution in [0.1, 0.15) is 252 Å². The summed E-state index contributed by atoms with van der Waals surface area (Å²) in [6, 6.07) is 0. The lowest BCUT2D eigenvalue weighted by Crippen LogP contribution is -2.30. The lowest BCUT2D eigenvalue weighted by molar-refractivity contribution is -0.167. The van der Waals surface area contributed by atoms with Crippen molar-refractivity contribution in [2.75, 3.05) is 13.2 Å². The maximum absolute atomic E-state index is 12.8. The molecule has 0 spiro atoms. The Morgan fingerprint density at radius 2 is 0.677 bits per heavy atom. The van der Waals surface area contributed by atoms with Gasteiger partial charge < -0.3 is 14.2 Å². The molecule has 0 aromatic rings. The van der Waals surface area contributed by atoms with Crippen molar-refractivity contribution in [2.45, 2.75) is 258 Å². The normalized spacial score (nSPS) is 12.7. The molecule has 372 valence electrons. The molecule has 6 nitrogen and oxygen atoms in total. The molecule has 0 radical (unpaired) electrons. The van der Waals surface area contributed by atoms with Crippen molar-refractivity contribution in [1.29, 1.82) is 0 Å². The molecule has 65 heavy (non-hydrogen) atoms. The maximum Gasteiger partial charge on any atom is 0.306 e. The molecule has 0 aromatic carbocycles. The number of allylic oxidation sites excluding steroid dienone is 14. The van der Waals surface area contributed by atoms with E-state index in [1.165, 1.54) is 122 Å². The number of unbranched alkanes of at least 4 members (excludes halogenated alkanes) is 26. The van der Waals surface area contributed by atoms with Gasteiger partial charge in [0.05, 0.1) is 0 Å². The fourth-order valence-electron chi connectivity index (χ4n) is 7.41. The van der Waals surface area contributed by atoms with Crippen LogP contribution < -0.4 is 0 Å². The van der Waals surface area contributed by atoms with Crippen LogP contribution in [0.4, 0.5) is 0 Å². The van der Waals surface area contributed by atoms with E-state index in [0.717, 1.165) is 83.5 Å². The standard InChI is InChI=1S/C59H100O6/c1-4-7-10-13-16-19-22-25-28-29-32-34-37-40-43-46-49-52-58(61)64-55-56(65-59(62)53-50-47-44-41-38-35-31-27-24-21-18-15-12-9-6-3)54-63-57(60)51-48-45-42-39-36-33-30-26-23-20-17-14-11-8-5-2/h9,12,15,18,21,24-25,27-28,31-32,34,40,43,56H,4-8,10-11,13-14,16-17,19-20,22-23,26,29-30,33,35-39,41-42,44-55H2,1-3H3/b12-9-,18-15-,24-21-,28-25-,31-27-,34-32-,43-40-. The van der Waals surface area contributed by atoms with Gasteiger partial charge in [0.1, 0.15) is 13.2 Å². The van der Waals surface area contributed by atoms with Crippen LogP contribution in [0.15, 0.2) is 85.1 Å². The van der Waals surface area contributed by atoms with Gasteiger partial charge in [-0.25, -0.2) is 0 Å². The van der Waals surface area contributed by atoms with Gasteiger partial charge in [-0.05, 0) is 70.6 Å². The van der Waals surface area contributed by atoms with Crippen molar-refractivity contribution < 1.29 is 28.6 Å². The van der Waals surface area contributed by atoms with Crippen molar-refractivity contribution in [2.24, 2.45) is 0 Å². The third-order valence-corrected chi connectivity index (χ3v) is 11.5. The first-order valence-electron chi connectivity index (χ1n) is 27.1. The topological polar surface area (TPSA) is 78.9 Å². The molecular weight excluding hydrogens is 805 g/mol. The Kier molecular flexibility index (Phi) is 50.4. The summed E-state index contributed by atoms with van der Waals surface area (Å²) in [7, 11) is 0. The summed E-state index contributed by atoms with van der Waals surface area (Å²) in [6.07, 6.45) is 68.6. The molecule has 6 heteroatoms. The number of carbonyl (C=O) groups is 3. The van der Waals surface area contributed by atoms with E-state index in [-0.39, 0.29) is 37.5 Å². The highest BCUT2D eigenvalue weighted by Crippen LogP contribution is 2.15. The molecule has 0 fully saturated rings. The van der Waals surface area contributed by atoms with E-state index in [9.17, 15) is 14.4 Å². The molecule has 0 bridgehead atoms. The largest absolute Gasteiger partial charge is 0.462 e. The number of ether oxygens (including phenoxy) is 3. The lowest BCUT2D eigenvalue weighted by Gasteiger charge is -2.18. The highest BCUT2D eigenvalue weighted by Gasteiger charge is 2.19. The minimum Gasteiger partial charge on any atom is -0.462 e. The van der Waals surface area contributed by atoms with Gasteiger partial charge in [0, 0.05) is 19.3 Å². The van der Waals surface area contributed by atoms with Crippen molar-refractivity contribution >= 4 is 17.9 Å². The van der Waals surface area contributed by atoms with Crippen LogP contribution in [0.2, 0.25) is 0 Å². The van der Waals surface area contributed by atoms with Crippen molar-refractivity contribution in [1.82, 2.24) is 0 Å². The Bertz CT molecular complexity index is 1270. The Morgan fingerprint density at radius 1 is 0.338 bits per heavy atom. The summed E-state index contributed by atoms with van der Waals surface area (Å²) in [5.41, 5.74) is 0. The number of hydrogen-bond donors (Lipinski definition) is 0. The van der Waals surface area contributed by atoms with Gasteiger partial charge in [-0.2, -0.15) is 0 Å². The van der Waals surface area contributed by atoms with Gasteiger partial charge >= 0.3 is 17.9 Å². The maximum atomic E-state index is 12.8. The van der Waals surface area contributed by atoms with Crippen LogP contribution >= 0.6 is 0 Å². The first-order valence-corrected chi connectivity index (χ1v) is 27.1. The monoisotopic (exact) mass is 905 g/mol. The molecule has 1 unspecified atom stereocenters. The summed E-state index contributed by atoms with van der Waals surface area (Å²) in [6.45, 7) is 6.44. The second kappa shape index (κ2) is 53.2. The molecule has 1 atom stereocenters. The van der Waals surface area contributed by atoms with Gasteiger partial charge in [0.2, 0.25) is 0 Å². The minimum atomic E-state index is -0.808. The Hall–Kier alpha value is -3.41. The zero-order valence-electron chi connectivity index (χ0n) is 42.5. The van der Waals surface area contributed by atoms with Crippen LogP contribution in [0, 0.1) is 0 Å². The summed E-state index contributed by atoms with van der Waals surface area (Å²) in [4.78, 5) is 38.0. The Balaban J connectivity index is 4.49. The van der Waals surface area contributed by atoms with Crippen LogP contribution in [0.25, 0.3) is 0 Å². The molecule has 0 saturated heterocycles. The fourth-order valence-corrected chi connectivity index (χ4v) is 7.41. The molecule has 0 aromatic heterocycles. The number of rotatable bonds is 48. The molecule has 0 aliphatic rings. The quantitative estimate of drug-likeness (QED) is 0.0199. The zero-order chi connectivity index (χ0) is 47.2. The average molecular weight is 905 g/mol. The van der Waals surface area contributed by atoms with Gasteiger partial charge in [0.15, 0.2) is 6.10 Å². The Morgan fingerprint density at radius 3 is 1.14 bits per heavy atom. The third-order valence-electron chi connectivity index (χ3n) is 11.5. The molecule has 0 heterocycles. The number of hydrogen-bond acceptors (Lipinski definition) is 6. The van der Waals surface area contributed by atoms with Crippen LogP contribution in [-0.4, -0.2) is 37.2 Å². The first kappa shape index (κ1) is 61.6. The second-order valence-corrected chi connectivity index (χ2v) is 17.9. The molecule has 0 aliphatic carbocycles. The molecule has 0 amide bonds. The van der Waals surface area contributed by atoms with E-state index in [1.807, 2.05) is 18.2 Å². The van der Waals surface area contributed by atoms with E-state index < -0.39 is 6.10 Å². The predicted octanol–water partition coefficient (Wildman–Crippen LogP) is 18.0. The van der Waals surface area contributed by atoms with Crippen LogP contribution in [0.5, 0.6) is 0 Å².